The first-order chi connectivity index (χ1) is 7.56. The Bertz CT molecular complexity index is 389. The van der Waals surface area contributed by atoms with Crippen molar-refractivity contribution in [3.8, 4) is 0 Å². The van der Waals surface area contributed by atoms with Crippen molar-refractivity contribution >= 4 is 17.9 Å². The molecule has 0 atom stereocenters. The number of ether oxygens (including phenoxy) is 1. The second-order valence-corrected chi connectivity index (χ2v) is 3.27. The maximum Gasteiger partial charge on any atom is 0.346 e. The summed E-state index contributed by atoms with van der Waals surface area (Å²) < 4.78 is 4.42. The van der Waals surface area contributed by atoms with E-state index in [2.05, 4.69) is 4.74 Å². The molecule has 0 spiro atoms. The summed E-state index contributed by atoms with van der Waals surface area (Å²) in [7, 11) is 0. The molecule has 1 aliphatic heterocycles. The molecule has 5 heteroatoms. The fourth-order valence-corrected chi connectivity index (χ4v) is 1.31. The van der Waals surface area contributed by atoms with Crippen LogP contribution in [-0.2, 0) is 19.1 Å². The minimum absolute atomic E-state index is 0.0172. The molecule has 1 N–H and O–H groups in total. The molecule has 16 heavy (non-hydrogen) atoms. The van der Waals surface area contributed by atoms with E-state index in [0.717, 1.165) is 6.42 Å². The minimum Gasteiger partial charge on any atom is -0.481 e. The Morgan fingerprint density at radius 3 is 2.62 bits per heavy atom. The molecule has 0 saturated heterocycles. The Balaban J connectivity index is 2.90. The van der Waals surface area contributed by atoms with Gasteiger partial charge in [-0.2, -0.15) is 0 Å². The van der Waals surface area contributed by atoms with Crippen molar-refractivity contribution < 1.29 is 24.2 Å². The molecule has 1 rings (SSSR count). The zero-order chi connectivity index (χ0) is 12.1. The zero-order valence-corrected chi connectivity index (χ0v) is 8.86. The number of esters is 2. The monoisotopic (exact) mass is 224 g/mol. The van der Waals surface area contributed by atoms with Crippen LogP contribution in [0, 0.1) is 0 Å². The van der Waals surface area contributed by atoms with E-state index >= 15 is 0 Å². The number of carboxylic acid groups (broad SMARTS) is 1. The third-order valence-corrected chi connectivity index (χ3v) is 2.09. The van der Waals surface area contributed by atoms with Crippen LogP contribution < -0.4 is 0 Å². The molecule has 5 nitrogen and oxygen atoms in total. The van der Waals surface area contributed by atoms with E-state index in [1.165, 1.54) is 6.08 Å². The molecule has 86 valence electrons. The van der Waals surface area contributed by atoms with E-state index in [4.69, 9.17) is 5.11 Å². The van der Waals surface area contributed by atoms with Crippen LogP contribution in [0.5, 0.6) is 0 Å². The number of rotatable bonds is 5. The summed E-state index contributed by atoms with van der Waals surface area (Å²) in [4.78, 5) is 32.9. The van der Waals surface area contributed by atoms with Crippen molar-refractivity contribution in [2.24, 2.45) is 0 Å². The van der Waals surface area contributed by atoms with Gasteiger partial charge in [-0.25, -0.2) is 9.59 Å². The highest BCUT2D eigenvalue weighted by atomic mass is 16.6. The number of carbonyl (C=O) groups is 3. The number of hydrogen-bond donors (Lipinski definition) is 1. The normalized spacial score (nSPS) is 16.1. The van der Waals surface area contributed by atoms with Crippen molar-refractivity contribution in [1.82, 2.24) is 0 Å². The number of allylic oxidation sites excluding steroid dienone is 1. The van der Waals surface area contributed by atoms with E-state index in [1.54, 1.807) is 6.08 Å². The van der Waals surface area contributed by atoms with Gasteiger partial charge in [0.05, 0.1) is 11.1 Å². The first-order valence-electron chi connectivity index (χ1n) is 4.94. The van der Waals surface area contributed by atoms with Crippen molar-refractivity contribution in [2.45, 2.75) is 26.2 Å². The molecule has 0 saturated carbocycles. The maximum absolute atomic E-state index is 11.2. The molecule has 0 radical (unpaired) electrons. The second-order valence-electron chi connectivity index (χ2n) is 3.27. The van der Waals surface area contributed by atoms with Gasteiger partial charge in [-0.1, -0.05) is 19.1 Å². The lowest BCUT2D eigenvalue weighted by atomic mass is 10.0. The molecule has 0 aromatic carbocycles. The van der Waals surface area contributed by atoms with Crippen LogP contribution in [0.1, 0.15) is 26.2 Å². The molecule has 0 aromatic heterocycles. The average Bonchev–Trinajstić information content (AvgIpc) is 2.47. The molecule has 0 aromatic rings. The van der Waals surface area contributed by atoms with Gasteiger partial charge in [-0.3, -0.25) is 4.79 Å². The van der Waals surface area contributed by atoms with Crippen LogP contribution in [0.3, 0.4) is 0 Å². The summed E-state index contributed by atoms with van der Waals surface area (Å²) in [6.07, 6.45) is 3.77. The fraction of sp³-hybridized carbons (Fsp3) is 0.364. The quantitative estimate of drug-likeness (QED) is 0.560. The molecule has 1 heterocycles. The van der Waals surface area contributed by atoms with E-state index < -0.39 is 17.9 Å². The van der Waals surface area contributed by atoms with Gasteiger partial charge >= 0.3 is 17.9 Å². The Labute approximate surface area is 92.4 Å². The van der Waals surface area contributed by atoms with Gasteiger partial charge in [0.1, 0.15) is 0 Å². The third-order valence-electron chi connectivity index (χ3n) is 2.09. The van der Waals surface area contributed by atoms with Crippen molar-refractivity contribution in [3.05, 3.63) is 23.3 Å². The molecule has 0 fully saturated rings. The maximum atomic E-state index is 11.2. The number of aliphatic carboxylic acids is 1. The van der Waals surface area contributed by atoms with Crippen LogP contribution >= 0.6 is 0 Å². The van der Waals surface area contributed by atoms with Crippen LogP contribution in [0.4, 0.5) is 0 Å². The predicted molar refractivity (Wildman–Crippen MR) is 54.4 cm³/mol. The largest absolute Gasteiger partial charge is 0.481 e. The molecule has 0 unspecified atom stereocenters. The first-order valence-corrected chi connectivity index (χ1v) is 4.94. The summed E-state index contributed by atoms with van der Waals surface area (Å²) >= 11 is 0. The van der Waals surface area contributed by atoms with Crippen LogP contribution in [0.25, 0.3) is 0 Å². The van der Waals surface area contributed by atoms with E-state index in [0.29, 0.717) is 0 Å². The Hall–Kier alpha value is -1.91. The van der Waals surface area contributed by atoms with Crippen LogP contribution in [0.15, 0.2) is 23.3 Å². The highest BCUT2D eigenvalue weighted by molar-refractivity contribution is 6.14. The summed E-state index contributed by atoms with van der Waals surface area (Å²) in [5.41, 5.74) is 0.324. The molecular formula is C11H12O5. The second kappa shape index (κ2) is 5.25. The number of hydrogen-bond acceptors (Lipinski definition) is 4. The molecule has 0 amide bonds. The molecule has 0 aliphatic carbocycles. The zero-order valence-electron chi connectivity index (χ0n) is 8.86. The average molecular weight is 224 g/mol. The highest BCUT2D eigenvalue weighted by Crippen LogP contribution is 2.22. The van der Waals surface area contributed by atoms with Gasteiger partial charge in [0.2, 0.25) is 0 Å². The Morgan fingerprint density at radius 2 is 2.06 bits per heavy atom. The third kappa shape index (κ3) is 2.79. The Kier molecular flexibility index (Phi) is 3.99. The minimum atomic E-state index is -1.02. The summed E-state index contributed by atoms with van der Waals surface area (Å²) in [6, 6.07) is 0. The van der Waals surface area contributed by atoms with Crippen molar-refractivity contribution in [3.63, 3.8) is 0 Å². The smallest absolute Gasteiger partial charge is 0.346 e. The lowest BCUT2D eigenvalue weighted by molar-refractivity contribution is -0.151. The van der Waals surface area contributed by atoms with Crippen molar-refractivity contribution in [1.29, 1.82) is 0 Å². The van der Waals surface area contributed by atoms with Gasteiger partial charge < -0.3 is 9.84 Å². The highest BCUT2D eigenvalue weighted by Gasteiger charge is 2.31. The van der Waals surface area contributed by atoms with E-state index in [-0.39, 0.29) is 24.0 Å². The van der Waals surface area contributed by atoms with Gasteiger partial charge in [0.25, 0.3) is 0 Å². The van der Waals surface area contributed by atoms with Gasteiger partial charge in [-0.15, -0.1) is 0 Å². The van der Waals surface area contributed by atoms with Crippen LogP contribution in [0.2, 0.25) is 0 Å². The number of cyclic esters (lactones) is 2. The van der Waals surface area contributed by atoms with Crippen LogP contribution in [-0.4, -0.2) is 23.0 Å². The number of carbonyl (C=O) groups excluding carboxylic acids is 2. The van der Waals surface area contributed by atoms with E-state index in [9.17, 15) is 14.4 Å². The lowest BCUT2D eigenvalue weighted by Gasteiger charge is -1.95. The lowest BCUT2D eigenvalue weighted by Crippen LogP contribution is -2.03. The topological polar surface area (TPSA) is 80.7 Å². The SMILES string of the molecule is CC/C=C/C1=C(CCC(=O)O)C(=O)OC1=O. The predicted octanol–water partition coefficient (Wildman–Crippen LogP) is 1.20. The summed E-state index contributed by atoms with van der Waals surface area (Å²) in [5, 5.41) is 8.51. The Morgan fingerprint density at radius 1 is 1.38 bits per heavy atom. The molecule has 0 bridgehead atoms. The fourth-order valence-electron chi connectivity index (χ4n) is 1.31. The molecule has 1 aliphatic rings. The summed E-state index contributed by atoms with van der Waals surface area (Å²) in [6.45, 7) is 1.89. The standard InChI is InChI=1S/C11H12O5/c1-2-3-4-7-8(5-6-9(12)13)11(15)16-10(7)14/h3-4H,2,5-6H2,1H3,(H,12,13)/b4-3+. The van der Waals surface area contributed by atoms with E-state index in [1.807, 2.05) is 6.92 Å². The summed E-state index contributed by atoms with van der Waals surface area (Å²) in [5.74, 6) is -2.45. The number of carboxylic acids is 1. The van der Waals surface area contributed by atoms with Crippen molar-refractivity contribution in [2.75, 3.05) is 0 Å². The first kappa shape index (κ1) is 12.2. The molecular weight excluding hydrogens is 212 g/mol. The van der Waals surface area contributed by atoms with Gasteiger partial charge in [0.15, 0.2) is 0 Å². The van der Waals surface area contributed by atoms with Gasteiger partial charge in [0, 0.05) is 6.42 Å². The van der Waals surface area contributed by atoms with Gasteiger partial charge in [-0.05, 0) is 12.8 Å².